The summed E-state index contributed by atoms with van der Waals surface area (Å²) in [5, 5.41) is 0. The van der Waals surface area contributed by atoms with E-state index < -0.39 is 0 Å². The summed E-state index contributed by atoms with van der Waals surface area (Å²) in [4.78, 5) is 0. The molecule has 0 aliphatic rings. The molecule has 16 heavy (non-hydrogen) atoms. The second kappa shape index (κ2) is 6.74. The van der Waals surface area contributed by atoms with Gasteiger partial charge in [0.2, 0.25) is 0 Å². The molecule has 1 aromatic carbocycles. The molecule has 0 N–H and O–H groups in total. The Kier molecular flexibility index (Phi) is 5.61. The third-order valence-corrected chi connectivity index (χ3v) is 2.65. The van der Waals surface area contributed by atoms with Crippen LogP contribution in [0.15, 0.2) is 18.2 Å². The summed E-state index contributed by atoms with van der Waals surface area (Å²) in [6.45, 7) is 4.86. The fourth-order valence-electron chi connectivity index (χ4n) is 1.49. The lowest BCUT2D eigenvalue weighted by Gasteiger charge is -2.11. The Morgan fingerprint density at radius 1 is 1.38 bits per heavy atom. The molecule has 90 valence electrons. The molecule has 3 heteroatoms. The van der Waals surface area contributed by atoms with E-state index in [1.165, 1.54) is 6.07 Å². The molecule has 0 atom stereocenters. The van der Waals surface area contributed by atoms with E-state index in [4.69, 9.17) is 16.3 Å². The summed E-state index contributed by atoms with van der Waals surface area (Å²) in [5.74, 6) is 0.901. The van der Waals surface area contributed by atoms with Crippen LogP contribution in [0.25, 0.3) is 0 Å². The Morgan fingerprint density at radius 3 is 2.75 bits per heavy atom. The van der Waals surface area contributed by atoms with Crippen LogP contribution in [-0.2, 0) is 5.88 Å². The lowest BCUT2D eigenvalue weighted by Crippen LogP contribution is -2.03. The lowest BCUT2D eigenvalue weighted by molar-refractivity contribution is 0.282. The smallest absolute Gasteiger partial charge is 0.165 e. The highest BCUT2D eigenvalue weighted by Crippen LogP contribution is 2.24. The third-order valence-electron chi connectivity index (χ3n) is 2.36. The SMILES string of the molecule is CC(C)CCCOc1c(F)cccc1CCl. The van der Waals surface area contributed by atoms with Crippen LogP contribution in [0.3, 0.4) is 0 Å². The maximum atomic E-state index is 13.4. The van der Waals surface area contributed by atoms with Gasteiger partial charge in [-0.2, -0.15) is 0 Å². The largest absolute Gasteiger partial charge is 0.490 e. The van der Waals surface area contributed by atoms with Crippen molar-refractivity contribution in [3.8, 4) is 5.75 Å². The first-order valence-electron chi connectivity index (χ1n) is 5.61. The second-order valence-corrected chi connectivity index (χ2v) is 4.51. The molecule has 0 heterocycles. The van der Waals surface area contributed by atoms with Crippen molar-refractivity contribution < 1.29 is 9.13 Å². The number of para-hydroxylation sites is 1. The van der Waals surface area contributed by atoms with Crippen LogP contribution in [0.5, 0.6) is 5.75 Å². The summed E-state index contributed by atoms with van der Waals surface area (Å²) in [7, 11) is 0. The van der Waals surface area contributed by atoms with Gasteiger partial charge in [-0.15, -0.1) is 11.6 Å². The highest BCUT2D eigenvalue weighted by atomic mass is 35.5. The Balaban J connectivity index is 2.52. The summed E-state index contributed by atoms with van der Waals surface area (Å²) in [5.41, 5.74) is 0.714. The van der Waals surface area contributed by atoms with Crippen molar-refractivity contribution in [1.82, 2.24) is 0 Å². The molecule has 1 aromatic rings. The van der Waals surface area contributed by atoms with Crippen LogP contribution in [-0.4, -0.2) is 6.61 Å². The van der Waals surface area contributed by atoms with Gasteiger partial charge in [-0.1, -0.05) is 26.0 Å². The van der Waals surface area contributed by atoms with Crippen LogP contribution < -0.4 is 4.74 Å². The first-order valence-corrected chi connectivity index (χ1v) is 6.14. The van der Waals surface area contributed by atoms with Gasteiger partial charge in [0.1, 0.15) is 0 Å². The van der Waals surface area contributed by atoms with Gasteiger partial charge in [0, 0.05) is 5.56 Å². The van der Waals surface area contributed by atoms with Crippen molar-refractivity contribution in [2.75, 3.05) is 6.61 Å². The van der Waals surface area contributed by atoms with Gasteiger partial charge in [-0.3, -0.25) is 0 Å². The number of ether oxygens (including phenoxy) is 1. The minimum atomic E-state index is -0.331. The zero-order valence-electron chi connectivity index (χ0n) is 9.80. The number of halogens is 2. The van der Waals surface area contributed by atoms with E-state index in [0.717, 1.165) is 12.8 Å². The van der Waals surface area contributed by atoms with E-state index in [1.54, 1.807) is 12.1 Å². The number of alkyl halides is 1. The van der Waals surface area contributed by atoms with Crippen LogP contribution >= 0.6 is 11.6 Å². The van der Waals surface area contributed by atoms with Crippen LogP contribution in [0, 0.1) is 11.7 Å². The van der Waals surface area contributed by atoms with Gasteiger partial charge in [-0.05, 0) is 24.8 Å². The summed E-state index contributed by atoms with van der Waals surface area (Å²) in [6, 6.07) is 4.83. The molecule has 0 aromatic heterocycles. The molecule has 0 saturated carbocycles. The fraction of sp³-hybridized carbons (Fsp3) is 0.538. The first kappa shape index (κ1) is 13.3. The number of hydrogen-bond acceptors (Lipinski definition) is 1. The second-order valence-electron chi connectivity index (χ2n) is 4.25. The first-order chi connectivity index (χ1) is 7.65. The fourth-order valence-corrected chi connectivity index (χ4v) is 1.70. The third kappa shape index (κ3) is 4.01. The molecule has 0 aliphatic heterocycles. The minimum absolute atomic E-state index is 0.275. The molecule has 0 amide bonds. The molecule has 0 radical (unpaired) electrons. The quantitative estimate of drug-likeness (QED) is 0.533. The topological polar surface area (TPSA) is 9.23 Å². The zero-order chi connectivity index (χ0) is 12.0. The predicted molar refractivity (Wildman–Crippen MR) is 65.5 cm³/mol. The minimum Gasteiger partial charge on any atom is -0.490 e. The molecule has 0 unspecified atom stereocenters. The van der Waals surface area contributed by atoms with Crippen LogP contribution in [0.1, 0.15) is 32.3 Å². The molecular formula is C13H18ClFO. The van der Waals surface area contributed by atoms with E-state index in [1.807, 2.05) is 0 Å². The van der Waals surface area contributed by atoms with Crippen LogP contribution in [0.2, 0.25) is 0 Å². The maximum Gasteiger partial charge on any atom is 0.165 e. The Bertz CT molecular complexity index is 326. The molecule has 0 fully saturated rings. The molecule has 1 nitrogen and oxygen atoms in total. The Hall–Kier alpha value is -0.760. The van der Waals surface area contributed by atoms with Crippen molar-refractivity contribution >= 4 is 11.6 Å². The normalized spacial score (nSPS) is 10.8. The van der Waals surface area contributed by atoms with Crippen LogP contribution in [0.4, 0.5) is 4.39 Å². The maximum absolute atomic E-state index is 13.4. The van der Waals surface area contributed by atoms with E-state index in [0.29, 0.717) is 23.8 Å². The Morgan fingerprint density at radius 2 is 2.12 bits per heavy atom. The summed E-state index contributed by atoms with van der Waals surface area (Å²) < 4.78 is 18.9. The lowest BCUT2D eigenvalue weighted by atomic mass is 10.1. The van der Waals surface area contributed by atoms with Gasteiger partial charge in [0.15, 0.2) is 11.6 Å². The molecule has 0 aliphatic carbocycles. The van der Waals surface area contributed by atoms with E-state index in [2.05, 4.69) is 13.8 Å². The van der Waals surface area contributed by atoms with Gasteiger partial charge < -0.3 is 4.74 Å². The molecule has 0 bridgehead atoms. The average molecular weight is 245 g/mol. The van der Waals surface area contributed by atoms with Crippen molar-refractivity contribution in [3.63, 3.8) is 0 Å². The van der Waals surface area contributed by atoms with E-state index >= 15 is 0 Å². The van der Waals surface area contributed by atoms with Crippen molar-refractivity contribution in [1.29, 1.82) is 0 Å². The number of hydrogen-bond donors (Lipinski definition) is 0. The van der Waals surface area contributed by atoms with E-state index in [9.17, 15) is 4.39 Å². The molecule has 0 spiro atoms. The average Bonchev–Trinajstić information content (AvgIpc) is 2.25. The highest BCUT2D eigenvalue weighted by molar-refractivity contribution is 6.17. The number of rotatable bonds is 6. The van der Waals surface area contributed by atoms with Gasteiger partial charge in [0.25, 0.3) is 0 Å². The molecular weight excluding hydrogens is 227 g/mol. The van der Waals surface area contributed by atoms with E-state index in [-0.39, 0.29) is 11.7 Å². The highest BCUT2D eigenvalue weighted by Gasteiger charge is 2.08. The van der Waals surface area contributed by atoms with Crippen molar-refractivity contribution in [2.24, 2.45) is 5.92 Å². The molecule has 1 rings (SSSR count). The van der Waals surface area contributed by atoms with Crippen molar-refractivity contribution in [3.05, 3.63) is 29.6 Å². The number of benzene rings is 1. The van der Waals surface area contributed by atoms with Gasteiger partial charge in [0.05, 0.1) is 12.5 Å². The summed E-state index contributed by atoms with van der Waals surface area (Å²) in [6.07, 6.45) is 2.03. The molecule has 0 saturated heterocycles. The van der Waals surface area contributed by atoms with Crippen molar-refractivity contribution in [2.45, 2.75) is 32.6 Å². The standard InChI is InChI=1S/C13H18ClFO/c1-10(2)5-4-8-16-13-11(9-14)6-3-7-12(13)15/h3,6-7,10H,4-5,8-9H2,1-2H3. The van der Waals surface area contributed by atoms with Gasteiger partial charge in [-0.25, -0.2) is 4.39 Å². The summed E-state index contributed by atoms with van der Waals surface area (Å²) >= 11 is 5.72. The Labute approximate surface area is 102 Å². The monoisotopic (exact) mass is 244 g/mol. The zero-order valence-corrected chi connectivity index (χ0v) is 10.6. The predicted octanol–water partition coefficient (Wildman–Crippen LogP) is 4.38. The van der Waals surface area contributed by atoms with Gasteiger partial charge >= 0.3 is 0 Å².